The summed E-state index contributed by atoms with van der Waals surface area (Å²) in [6.07, 6.45) is 0. The zero-order valence-electron chi connectivity index (χ0n) is 14.6. The fraction of sp³-hybridized carbons (Fsp3) is 0. The molecule has 4 aromatic rings. The Kier molecular flexibility index (Phi) is 3.35. The first-order valence-electron chi connectivity index (χ1n) is 8.55. The van der Waals surface area contributed by atoms with Crippen LogP contribution in [0.15, 0.2) is 58.1 Å². The van der Waals surface area contributed by atoms with Crippen LogP contribution < -0.4 is 11.2 Å². The van der Waals surface area contributed by atoms with Crippen LogP contribution in [-0.4, -0.2) is 25.7 Å². The molecule has 9 nitrogen and oxygen atoms in total. The topological polar surface area (TPSA) is 139 Å². The van der Waals surface area contributed by atoms with E-state index >= 15 is 0 Å². The predicted octanol–water partition coefficient (Wildman–Crippen LogP) is 2.40. The molecule has 140 valence electrons. The minimum atomic E-state index is -0.720. The number of nitrogens with zero attached hydrogens (tertiary/aromatic N) is 2. The second-order valence-corrected chi connectivity index (χ2v) is 6.52. The molecule has 2 N–H and O–H groups in total. The predicted molar refractivity (Wildman–Crippen MR) is 104 cm³/mol. The number of H-pyrrole nitrogens is 2. The minimum Gasteiger partial charge on any atom is -0.291 e. The molecule has 0 fully saturated rings. The summed E-state index contributed by atoms with van der Waals surface area (Å²) in [7, 11) is 0. The lowest BCUT2D eigenvalue weighted by Gasteiger charge is -2.11. The van der Waals surface area contributed by atoms with E-state index in [-0.39, 0.29) is 33.6 Å². The van der Waals surface area contributed by atoms with Gasteiger partial charge in [-0.3, -0.25) is 29.7 Å². The molecule has 0 aliphatic heterocycles. The summed E-state index contributed by atoms with van der Waals surface area (Å²) in [6.45, 7) is 0. The lowest BCUT2D eigenvalue weighted by molar-refractivity contribution is -0.384. The van der Waals surface area contributed by atoms with Crippen LogP contribution in [0.25, 0.3) is 33.4 Å². The van der Waals surface area contributed by atoms with Crippen LogP contribution in [-0.2, 0) is 0 Å². The van der Waals surface area contributed by atoms with Crippen molar-refractivity contribution in [1.82, 2.24) is 15.0 Å². The summed E-state index contributed by atoms with van der Waals surface area (Å²) < 4.78 is 0. The molecule has 2 heterocycles. The van der Waals surface area contributed by atoms with E-state index in [1.54, 1.807) is 24.3 Å². The van der Waals surface area contributed by atoms with E-state index in [2.05, 4.69) is 15.0 Å². The van der Waals surface area contributed by atoms with Crippen molar-refractivity contribution in [2.45, 2.75) is 0 Å². The second-order valence-electron chi connectivity index (χ2n) is 6.52. The SMILES string of the molecule is O=C1c2ccccc2-c2nc3[nH]c(=O)[nH]c(=O)c3c(-c3ccc([N+](=O)[O-])cc3)c21. The van der Waals surface area contributed by atoms with Gasteiger partial charge in [0.1, 0.15) is 5.65 Å². The number of nitrogens with one attached hydrogen (secondary N) is 2. The molecule has 0 amide bonds. The number of rotatable bonds is 2. The Morgan fingerprint density at radius 2 is 1.55 bits per heavy atom. The molecule has 2 aromatic heterocycles. The van der Waals surface area contributed by atoms with Gasteiger partial charge in [-0.1, -0.05) is 24.3 Å². The third-order valence-electron chi connectivity index (χ3n) is 4.90. The van der Waals surface area contributed by atoms with Gasteiger partial charge in [0.25, 0.3) is 11.2 Å². The fourth-order valence-corrected chi connectivity index (χ4v) is 3.68. The molecular formula is C20H10N4O5. The number of pyridine rings is 1. The smallest absolute Gasteiger partial charge is 0.291 e. The van der Waals surface area contributed by atoms with Gasteiger partial charge >= 0.3 is 5.69 Å². The van der Waals surface area contributed by atoms with Crippen LogP contribution in [0.5, 0.6) is 0 Å². The van der Waals surface area contributed by atoms with E-state index in [4.69, 9.17) is 0 Å². The standard InChI is InChI=1S/C20H10N4O5/c25-17-12-4-2-1-3-11(12)16-14(17)13(9-5-7-10(8-6-9)24(28)29)15-18(21-16)22-20(27)23-19(15)26/h1-8H,(H2,21,22,23,26,27). The van der Waals surface area contributed by atoms with Gasteiger partial charge in [0.2, 0.25) is 0 Å². The highest BCUT2D eigenvalue weighted by molar-refractivity contribution is 6.26. The highest BCUT2D eigenvalue weighted by Crippen LogP contribution is 2.42. The van der Waals surface area contributed by atoms with Crippen molar-refractivity contribution >= 4 is 22.5 Å². The van der Waals surface area contributed by atoms with Crippen molar-refractivity contribution in [2.24, 2.45) is 0 Å². The number of nitro benzene ring substituents is 1. The van der Waals surface area contributed by atoms with E-state index in [0.717, 1.165) is 0 Å². The van der Waals surface area contributed by atoms with Crippen LogP contribution in [0.4, 0.5) is 5.69 Å². The van der Waals surface area contributed by atoms with Crippen molar-refractivity contribution in [2.75, 3.05) is 0 Å². The van der Waals surface area contributed by atoms with E-state index < -0.39 is 16.2 Å². The molecule has 2 aromatic carbocycles. The fourth-order valence-electron chi connectivity index (χ4n) is 3.68. The number of nitro groups is 1. The third kappa shape index (κ3) is 2.34. The first kappa shape index (κ1) is 16.8. The molecule has 29 heavy (non-hydrogen) atoms. The summed E-state index contributed by atoms with van der Waals surface area (Å²) in [5.41, 5.74) is 0.815. The summed E-state index contributed by atoms with van der Waals surface area (Å²) in [6, 6.07) is 12.4. The van der Waals surface area contributed by atoms with Gasteiger partial charge < -0.3 is 0 Å². The quantitative estimate of drug-likeness (QED) is 0.353. The number of fused-ring (bicyclic) bond motifs is 4. The van der Waals surface area contributed by atoms with Gasteiger partial charge in [0, 0.05) is 28.8 Å². The third-order valence-corrected chi connectivity index (χ3v) is 4.90. The normalized spacial score (nSPS) is 12.1. The van der Waals surface area contributed by atoms with E-state index in [9.17, 15) is 24.5 Å². The highest BCUT2D eigenvalue weighted by Gasteiger charge is 2.33. The van der Waals surface area contributed by atoms with Crippen LogP contribution in [0.3, 0.4) is 0 Å². The minimum absolute atomic E-state index is 0.0374. The Hall–Kier alpha value is -4.40. The van der Waals surface area contributed by atoms with Gasteiger partial charge in [0.05, 0.1) is 21.6 Å². The maximum atomic E-state index is 13.1. The number of hydrogen-bond donors (Lipinski definition) is 2. The molecule has 0 saturated heterocycles. The van der Waals surface area contributed by atoms with Crippen molar-refractivity contribution in [3.8, 4) is 22.4 Å². The van der Waals surface area contributed by atoms with Crippen LogP contribution >= 0.6 is 0 Å². The van der Waals surface area contributed by atoms with Crippen molar-refractivity contribution < 1.29 is 9.72 Å². The van der Waals surface area contributed by atoms with E-state index in [1.165, 1.54) is 24.3 Å². The maximum absolute atomic E-state index is 13.1. The molecular weight excluding hydrogens is 376 g/mol. The monoisotopic (exact) mass is 386 g/mol. The van der Waals surface area contributed by atoms with Crippen molar-refractivity contribution in [3.63, 3.8) is 0 Å². The zero-order valence-corrected chi connectivity index (χ0v) is 14.6. The zero-order chi connectivity index (χ0) is 20.3. The molecule has 0 bridgehead atoms. The largest absolute Gasteiger partial charge is 0.327 e. The Labute approximate surface area is 160 Å². The average Bonchev–Trinajstić information content (AvgIpc) is 2.99. The summed E-state index contributed by atoms with van der Waals surface area (Å²) in [5.74, 6) is -0.302. The van der Waals surface area contributed by atoms with E-state index in [0.29, 0.717) is 22.4 Å². The second kappa shape index (κ2) is 5.80. The Balaban J connectivity index is 1.95. The number of non-ortho nitro benzene ring substituents is 1. The highest BCUT2D eigenvalue weighted by atomic mass is 16.6. The van der Waals surface area contributed by atoms with Gasteiger partial charge in [-0.25, -0.2) is 9.78 Å². The van der Waals surface area contributed by atoms with Crippen molar-refractivity contribution in [3.05, 3.63) is 90.6 Å². The molecule has 1 aliphatic carbocycles. The molecule has 0 atom stereocenters. The summed E-state index contributed by atoms with van der Waals surface area (Å²) in [4.78, 5) is 57.1. The Morgan fingerprint density at radius 1 is 0.862 bits per heavy atom. The van der Waals surface area contributed by atoms with E-state index in [1.807, 2.05) is 0 Å². The van der Waals surface area contributed by atoms with Gasteiger partial charge in [-0.05, 0) is 17.7 Å². The maximum Gasteiger partial charge on any atom is 0.327 e. The van der Waals surface area contributed by atoms with Crippen molar-refractivity contribution in [1.29, 1.82) is 0 Å². The molecule has 0 unspecified atom stereocenters. The Morgan fingerprint density at radius 3 is 2.24 bits per heavy atom. The van der Waals surface area contributed by atoms with Crippen LogP contribution in [0.1, 0.15) is 15.9 Å². The van der Waals surface area contributed by atoms with Gasteiger partial charge in [0.15, 0.2) is 5.78 Å². The number of hydrogen-bond acceptors (Lipinski definition) is 6. The summed E-state index contributed by atoms with van der Waals surface area (Å²) >= 11 is 0. The molecule has 5 rings (SSSR count). The summed E-state index contributed by atoms with van der Waals surface area (Å²) in [5, 5.41) is 11.0. The number of carbonyl (C=O) groups excluding carboxylic acids is 1. The molecule has 0 spiro atoms. The number of ketones is 1. The first-order chi connectivity index (χ1) is 14.0. The number of aromatic nitrogens is 3. The molecule has 1 aliphatic rings. The first-order valence-corrected chi connectivity index (χ1v) is 8.55. The average molecular weight is 386 g/mol. The van der Waals surface area contributed by atoms with Gasteiger partial charge in [-0.2, -0.15) is 0 Å². The number of aromatic amines is 2. The molecule has 0 radical (unpaired) electrons. The lowest BCUT2D eigenvalue weighted by atomic mass is 9.95. The molecule has 0 saturated carbocycles. The number of carbonyl (C=O) groups is 1. The number of benzene rings is 2. The van der Waals surface area contributed by atoms with Gasteiger partial charge in [-0.15, -0.1) is 0 Å². The van der Waals surface area contributed by atoms with Crippen LogP contribution in [0, 0.1) is 10.1 Å². The molecule has 9 heteroatoms. The Bertz CT molecular complexity index is 1480. The van der Waals surface area contributed by atoms with Crippen LogP contribution in [0.2, 0.25) is 0 Å². The lowest BCUT2D eigenvalue weighted by Crippen LogP contribution is -2.23.